The minimum atomic E-state index is -0.547. The van der Waals surface area contributed by atoms with E-state index >= 15 is 0 Å². The predicted octanol–water partition coefficient (Wildman–Crippen LogP) is 3.27. The quantitative estimate of drug-likeness (QED) is 0.646. The van der Waals surface area contributed by atoms with Crippen LogP contribution < -0.4 is 10.6 Å². The lowest BCUT2D eigenvalue weighted by atomic mass is 10.2. The lowest BCUT2D eigenvalue weighted by Crippen LogP contribution is -2.27. The number of hydrogen-bond donors (Lipinski definition) is 2. The Bertz CT molecular complexity index is 1040. The molecular weight excluding hydrogens is 402 g/mol. The highest BCUT2D eigenvalue weighted by atomic mass is 35.5. The van der Waals surface area contributed by atoms with Crippen LogP contribution in [0.1, 0.15) is 32.1 Å². The zero-order chi connectivity index (χ0) is 20.8. The molecule has 148 valence electrons. The van der Waals surface area contributed by atoms with E-state index in [9.17, 15) is 18.4 Å². The van der Waals surface area contributed by atoms with Crippen LogP contribution in [0.4, 0.5) is 8.78 Å². The molecule has 0 unspecified atom stereocenters. The van der Waals surface area contributed by atoms with Crippen molar-refractivity contribution in [1.29, 1.82) is 0 Å². The number of amides is 2. The molecule has 0 saturated carbocycles. The maximum atomic E-state index is 13.2. The zero-order valence-electron chi connectivity index (χ0n) is 15.0. The van der Waals surface area contributed by atoms with Crippen LogP contribution in [0.15, 0.2) is 54.9 Å². The maximum absolute atomic E-state index is 13.2. The first-order valence-corrected chi connectivity index (χ1v) is 8.87. The van der Waals surface area contributed by atoms with Gasteiger partial charge < -0.3 is 10.6 Å². The summed E-state index contributed by atoms with van der Waals surface area (Å²) in [5.41, 5.74) is 1.33. The molecule has 0 atom stereocenters. The summed E-state index contributed by atoms with van der Waals surface area (Å²) < 4.78 is 26.1. The second-order valence-corrected chi connectivity index (χ2v) is 6.44. The van der Waals surface area contributed by atoms with Gasteiger partial charge in [0.25, 0.3) is 11.8 Å². The third-order valence-corrected chi connectivity index (χ3v) is 4.23. The lowest BCUT2D eigenvalue weighted by molar-refractivity contribution is 0.0944. The Labute approximate surface area is 170 Å². The normalized spacial score (nSPS) is 10.4. The molecule has 0 fully saturated rings. The fourth-order valence-corrected chi connectivity index (χ4v) is 2.61. The highest BCUT2D eigenvalue weighted by molar-refractivity contribution is 6.30. The predicted molar refractivity (Wildman–Crippen MR) is 102 cm³/mol. The van der Waals surface area contributed by atoms with Crippen LogP contribution in [0, 0.1) is 11.6 Å². The SMILES string of the molecule is O=C(NCc1ccc(F)cc1)c1cc(C(=O)NCc2ccc(F)c(Cl)c2)ncn1. The van der Waals surface area contributed by atoms with Gasteiger partial charge in [-0.15, -0.1) is 0 Å². The standard InChI is InChI=1S/C20H15ClF2N4O2/c21-15-7-13(3-6-16(15)23)10-25-20(29)18-8-17(26-11-27-18)19(28)24-9-12-1-4-14(22)5-2-12/h1-8,11H,9-10H2,(H,24,28)(H,25,29). The molecule has 29 heavy (non-hydrogen) atoms. The summed E-state index contributed by atoms with van der Waals surface area (Å²) in [5.74, 6) is -1.94. The number of benzene rings is 2. The van der Waals surface area contributed by atoms with Crippen LogP contribution in [0.25, 0.3) is 0 Å². The minimum Gasteiger partial charge on any atom is -0.347 e. The van der Waals surface area contributed by atoms with E-state index in [4.69, 9.17) is 11.6 Å². The molecule has 0 bridgehead atoms. The van der Waals surface area contributed by atoms with Crippen LogP contribution in [0.2, 0.25) is 5.02 Å². The van der Waals surface area contributed by atoms with E-state index < -0.39 is 17.6 Å². The Morgan fingerprint density at radius 3 is 1.97 bits per heavy atom. The van der Waals surface area contributed by atoms with Gasteiger partial charge in [-0.1, -0.05) is 29.8 Å². The van der Waals surface area contributed by atoms with Crippen molar-refractivity contribution >= 4 is 23.4 Å². The van der Waals surface area contributed by atoms with E-state index in [2.05, 4.69) is 20.6 Å². The molecule has 0 aliphatic rings. The largest absolute Gasteiger partial charge is 0.347 e. The second kappa shape index (κ2) is 9.20. The van der Waals surface area contributed by atoms with Crippen molar-refractivity contribution in [2.75, 3.05) is 0 Å². The van der Waals surface area contributed by atoms with E-state index in [0.29, 0.717) is 11.1 Å². The van der Waals surface area contributed by atoms with Crippen LogP contribution >= 0.6 is 11.6 Å². The lowest BCUT2D eigenvalue weighted by Gasteiger charge is -2.07. The van der Waals surface area contributed by atoms with Crippen molar-refractivity contribution in [3.8, 4) is 0 Å². The fraction of sp³-hybridized carbons (Fsp3) is 0.100. The monoisotopic (exact) mass is 416 g/mol. The Morgan fingerprint density at radius 1 is 0.828 bits per heavy atom. The molecule has 0 saturated heterocycles. The van der Waals surface area contributed by atoms with Gasteiger partial charge in [0.05, 0.1) is 5.02 Å². The van der Waals surface area contributed by atoms with Gasteiger partial charge in [0.15, 0.2) is 0 Å². The van der Waals surface area contributed by atoms with Crippen molar-refractivity contribution in [2.24, 2.45) is 0 Å². The Hall–Kier alpha value is -3.39. The summed E-state index contributed by atoms with van der Waals surface area (Å²) in [7, 11) is 0. The molecule has 3 aromatic rings. The molecule has 0 radical (unpaired) electrons. The first kappa shape index (κ1) is 20.3. The van der Waals surface area contributed by atoms with Crippen LogP contribution in [-0.4, -0.2) is 21.8 Å². The summed E-state index contributed by atoms with van der Waals surface area (Å²) in [5, 5.41) is 5.21. The molecule has 0 spiro atoms. The Morgan fingerprint density at radius 2 is 1.38 bits per heavy atom. The first-order chi connectivity index (χ1) is 13.9. The molecule has 2 amide bonds. The summed E-state index contributed by atoms with van der Waals surface area (Å²) in [6, 6.07) is 11.1. The molecule has 9 heteroatoms. The van der Waals surface area contributed by atoms with Gasteiger partial charge in [0.1, 0.15) is 29.3 Å². The molecule has 1 heterocycles. The molecule has 0 aliphatic carbocycles. The van der Waals surface area contributed by atoms with Crippen molar-refractivity contribution in [2.45, 2.75) is 13.1 Å². The number of rotatable bonds is 6. The summed E-state index contributed by atoms with van der Waals surface area (Å²) in [6.45, 7) is 0.283. The number of nitrogens with one attached hydrogen (secondary N) is 2. The van der Waals surface area contributed by atoms with Crippen LogP contribution in [-0.2, 0) is 13.1 Å². The molecule has 1 aromatic heterocycles. The molecule has 2 aromatic carbocycles. The summed E-state index contributed by atoms with van der Waals surface area (Å²) >= 11 is 5.71. The maximum Gasteiger partial charge on any atom is 0.270 e. The number of nitrogens with zero attached hydrogens (tertiary/aromatic N) is 2. The Balaban J connectivity index is 1.60. The number of carbonyl (C=O) groups excluding carboxylic acids is 2. The highest BCUT2D eigenvalue weighted by Crippen LogP contribution is 2.16. The van der Waals surface area contributed by atoms with Gasteiger partial charge in [0, 0.05) is 19.2 Å². The average Bonchev–Trinajstić information content (AvgIpc) is 2.73. The third-order valence-electron chi connectivity index (χ3n) is 3.94. The third kappa shape index (κ3) is 5.55. The van der Waals surface area contributed by atoms with Crippen LogP contribution in [0.3, 0.4) is 0 Å². The van der Waals surface area contributed by atoms with E-state index in [-0.39, 0.29) is 35.3 Å². The van der Waals surface area contributed by atoms with E-state index in [1.165, 1.54) is 36.4 Å². The van der Waals surface area contributed by atoms with Crippen molar-refractivity contribution in [1.82, 2.24) is 20.6 Å². The molecule has 6 nitrogen and oxygen atoms in total. The van der Waals surface area contributed by atoms with E-state index in [0.717, 1.165) is 6.33 Å². The van der Waals surface area contributed by atoms with Gasteiger partial charge in [-0.05, 0) is 35.4 Å². The molecule has 2 N–H and O–H groups in total. The summed E-state index contributed by atoms with van der Waals surface area (Å²) in [6.07, 6.45) is 1.11. The minimum absolute atomic E-state index is 0.000130. The topological polar surface area (TPSA) is 84.0 Å². The number of carbonyl (C=O) groups is 2. The average molecular weight is 417 g/mol. The summed E-state index contributed by atoms with van der Waals surface area (Å²) in [4.78, 5) is 32.3. The highest BCUT2D eigenvalue weighted by Gasteiger charge is 2.13. The van der Waals surface area contributed by atoms with Gasteiger partial charge in [-0.25, -0.2) is 18.7 Å². The van der Waals surface area contributed by atoms with Crippen molar-refractivity contribution < 1.29 is 18.4 Å². The molecular formula is C20H15ClF2N4O2. The van der Waals surface area contributed by atoms with Gasteiger partial charge in [-0.2, -0.15) is 0 Å². The van der Waals surface area contributed by atoms with Crippen molar-refractivity contribution in [3.63, 3.8) is 0 Å². The number of aromatic nitrogens is 2. The van der Waals surface area contributed by atoms with Gasteiger partial charge >= 0.3 is 0 Å². The molecule has 0 aliphatic heterocycles. The van der Waals surface area contributed by atoms with E-state index in [1.54, 1.807) is 12.1 Å². The fourth-order valence-electron chi connectivity index (χ4n) is 2.40. The van der Waals surface area contributed by atoms with Crippen molar-refractivity contribution in [3.05, 3.63) is 94.0 Å². The first-order valence-electron chi connectivity index (χ1n) is 8.49. The number of halogens is 3. The number of hydrogen-bond acceptors (Lipinski definition) is 4. The Kier molecular flexibility index (Phi) is 6.46. The van der Waals surface area contributed by atoms with Crippen LogP contribution in [0.5, 0.6) is 0 Å². The van der Waals surface area contributed by atoms with E-state index in [1.807, 2.05) is 0 Å². The zero-order valence-corrected chi connectivity index (χ0v) is 15.7. The second-order valence-electron chi connectivity index (χ2n) is 6.03. The smallest absolute Gasteiger partial charge is 0.270 e. The van der Waals surface area contributed by atoms with Gasteiger partial charge in [0.2, 0.25) is 0 Å². The molecule has 3 rings (SSSR count). The van der Waals surface area contributed by atoms with Gasteiger partial charge in [-0.3, -0.25) is 9.59 Å².